The van der Waals surface area contributed by atoms with Crippen LogP contribution in [-0.4, -0.2) is 49.1 Å². The summed E-state index contributed by atoms with van der Waals surface area (Å²) in [5, 5.41) is 0. The number of amides is 1. The molecule has 3 N–H and O–H groups in total. The molecule has 17 heavy (non-hydrogen) atoms. The van der Waals surface area contributed by atoms with Gasteiger partial charge in [-0.15, -0.1) is 0 Å². The number of nitrogens with two attached hydrogens (primary N) is 1. The summed E-state index contributed by atoms with van der Waals surface area (Å²) in [6.45, 7) is 0.698. The van der Waals surface area contributed by atoms with E-state index in [4.69, 9.17) is 10.5 Å². The summed E-state index contributed by atoms with van der Waals surface area (Å²) >= 11 is 0. The van der Waals surface area contributed by atoms with E-state index in [0.717, 1.165) is 0 Å². The molecule has 0 aliphatic rings. The van der Waals surface area contributed by atoms with Crippen LogP contribution in [0.25, 0.3) is 0 Å². The number of ether oxygens (including phenoxy) is 1. The van der Waals surface area contributed by atoms with Crippen LogP contribution in [0.15, 0.2) is 23.3 Å². The molecule has 0 aliphatic heterocycles. The summed E-state index contributed by atoms with van der Waals surface area (Å²) in [4.78, 5) is 27.5. The molecule has 0 bridgehead atoms. The van der Waals surface area contributed by atoms with Gasteiger partial charge in [0, 0.05) is 45.2 Å². The minimum Gasteiger partial charge on any atom is -0.383 e. The van der Waals surface area contributed by atoms with Gasteiger partial charge in [0.1, 0.15) is 5.56 Å². The van der Waals surface area contributed by atoms with Gasteiger partial charge in [0.15, 0.2) is 5.43 Å². The second-order valence-corrected chi connectivity index (χ2v) is 3.82. The molecule has 0 saturated carbocycles. The molecule has 0 radical (unpaired) electrons. The summed E-state index contributed by atoms with van der Waals surface area (Å²) in [7, 11) is 3.15. The van der Waals surface area contributed by atoms with Crippen LogP contribution in [0.1, 0.15) is 10.4 Å². The summed E-state index contributed by atoms with van der Waals surface area (Å²) < 4.78 is 4.88. The predicted octanol–water partition coefficient (Wildman–Crippen LogP) is -0.579. The number of aromatic nitrogens is 1. The molecular weight excluding hydrogens is 222 g/mol. The molecule has 1 rings (SSSR count). The molecule has 0 spiro atoms. The molecule has 6 heteroatoms. The third-order valence-electron chi connectivity index (χ3n) is 2.29. The average Bonchev–Trinajstić information content (AvgIpc) is 2.29. The number of aromatic amines is 1. The Morgan fingerprint density at radius 1 is 1.65 bits per heavy atom. The van der Waals surface area contributed by atoms with Crippen molar-refractivity contribution in [3.8, 4) is 0 Å². The summed E-state index contributed by atoms with van der Waals surface area (Å²) in [5.74, 6) is -0.349. The SMILES string of the molecule is COCC(N)CN(C)C(=O)c1c[nH]ccc1=O. The van der Waals surface area contributed by atoms with Crippen LogP contribution in [0.2, 0.25) is 0 Å². The number of likely N-dealkylation sites (N-methyl/N-ethyl adjacent to an activating group) is 1. The number of pyridine rings is 1. The number of carbonyl (C=O) groups excluding carboxylic acids is 1. The van der Waals surface area contributed by atoms with Gasteiger partial charge in [-0.25, -0.2) is 0 Å². The van der Waals surface area contributed by atoms with E-state index in [1.54, 1.807) is 14.2 Å². The Morgan fingerprint density at radius 3 is 2.94 bits per heavy atom. The lowest BCUT2D eigenvalue weighted by molar-refractivity contribution is 0.0763. The van der Waals surface area contributed by atoms with Gasteiger partial charge in [0.2, 0.25) is 0 Å². The van der Waals surface area contributed by atoms with Gasteiger partial charge >= 0.3 is 0 Å². The molecule has 1 atom stereocenters. The van der Waals surface area contributed by atoms with E-state index in [2.05, 4.69) is 4.98 Å². The minimum absolute atomic E-state index is 0.111. The van der Waals surface area contributed by atoms with Gasteiger partial charge in [-0.3, -0.25) is 9.59 Å². The maximum Gasteiger partial charge on any atom is 0.259 e. The molecular formula is C11H17N3O3. The second-order valence-electron chi connectivity index (χ2n) is 3.82. The van der Waals surface area contributed by atoms with Gasteiger partial charge in [0.05, 0.1) is 6.61 Å². The number of rotatable bonds is 5. The Labute approximate surface area is 99.4 Å². The van der Waals surface area contributed by atoms with Crippen molar-refractivity contribution in [3.63, 3.8) is 0 Å². The summed E-state index contributed by atoms with van der Waals surface area (Å²) in [6.07, 6.45) is 2.87. The quantitative estimate of drug-likeness (QED) is 0.719. The number of nitrogens with one attached hydrogen (secondary N) is 1. The number of carbonyl (C=O) groups is 1. The first-order valence-corrected chi connectivity index (χ1v) is 5.23. The molecule has 94 valence electrons. The third kappa shape index (κ3) is 3.69. The van der Waals surface area contributed by atoms with Crippen LogP contribution in [-0.2, 0) is 4.74 Å². The highest BCUT2D eigenvalue weighted by Gasteiger charge is 2.16. The average molecular weight is 239 g/mol. The molecule has 1 heterocycles. The predicted molar refractivity (Wildman–Crippen MR) is 63.9 cm³/mol. The van der Waals surface area contributed by atoms with Crippen molar-refractivity contribution < 1.29 is 9.53 Å². The molecule has 6 nitrogen and oxygen atoms in total. The maximum absolute atomic E-state index is 11.9. The smallest absolute Gasteiger partial charge is 0.259 e. The second kappa shape index (κ2) is 6.17. The molecule has 1 amide bonds. The molecule has 1 aromatic heterocycles. The highest BCUT2D eigenvalue weighted by atomic mass is 16.5. The van der Waals surface area contributed by atoms with Gasteiger partial charge in [0.25, 0.3) is 5.91 Å². The Morgan fingerprint density at radius 2 is 2.35 bits per heavy atom. The van der Waals surface area contributed by atoms with Crippen LogP contribution < -0.4 is 11.2 Å². The lowest BCUT2D eigenvalue weighted by atomic mass is 10.2. The zero-order valence-corrected chi connectivity index (χ0v) is 9.97. The number of hydrogen-bond donors (Lipinski definition) is 2. The lowest BCUT2D eigenvalue weighted by Crippen LogP contribution is -2.42. The van der Waals surface area contributed by atoms with E-state index >= 15 is 0 Å². The highest BCUT2D eigenvalue weighted by Crippen LogP contribution is 1.97. The van der Waals surface area contributed by atoms with E-state index in [0.29, 0.717) is 13.2 Å². The largest absolute Gasteiger partial charge is 0.383 e. The number of H-pyrrole nitrogens is 1. The third-order valence-corrected chi connectivity index (χ3v) is 2.29. The van der Waals surface area contributed by atoms with Gasteiger partial charge < -0.3 is 20.4 Å². The monoisotopic (exact) mass is 239 g/mol. The van der Waals surface area contributed by atoms with Crippen LogP contribution in [0.4, 0.5) is 0 Å². The fraction of sp³-hybridized carbons (Fsp3) is 0.455. The molecule has 0 fully saturated rings. The van der Waals surface area contributed by atoms with Gasteiger partial charge in [-0.2, -0.15) is 0 Å². The lowest BCUT2D eigenvalue weighted by Gasteiger charge is -2.20. The number of hydrogen-bond acceptors (Lipinski definition) is 4. The van der Waals surface area contributed by atoms with Crippen LogP contribution in [0, 0.1) is 0 Å². The Balaban J connectivity index is 2.71. The Hall–Kier alpha value is -1.66. The molecule has 0 saturated heterocycles. The van der Waals surface area contributed by atoms with Crippen LogP contribution >= 0.6 is 0 Å². The minimum atomic E-state index is -0.349. The normalized spacial score (nSPS) is 12.2. The first kappa shape index (κ1) is 13.4. The van der Waals surface area contributed by atoms with Crippen molar-refractivity contribution >= 4 is 5.91 Å². The van der Waals surface area contributed by atoms with Crippen molar-refractivity contribution in [1.29, 1.82) is 0 Å². The molecule has 0 aromatic carbocycles. The van der Waals surface area contributed by atoms with Gasteiger partial charge in [-0.05, 0) is 0 Å². The van der Waals surface area contributed by atoms with Crippen LogP contribution in [0.3, 0.4) is 0 Å². The molecule has 1 aromatic rings. The Bertz CT molecular complexity index is 430. The number of methoxy groups -OCH3 is 1. The highest BCUT2D eigenvalue weighted by molar-refractivity contribution is 5.93. The zero-order valence-electron chi connectivity index (χ0n) is 9.97. The zero-order chi connectivity index (χ0) is 12.8. The standard InChI is InChI=1S/C11H17N3O3/c1-14(6-8(12)7-17-2)11(16)9-5-13-4-3-10(9)15/h3-5,8H,6-7,12H2,1-2H3,(H,13,15). The van der Waals surface area contributed by atoms with E-state index < -0.39 is 0 Å². The van der Waals surface area contributed by atoms with Crippen LogP contribution in [0.5, 0.6) is 0 Å². The molecule has 1 unspecified atom stereocenters. The molecule has 0 aliphatic carbocycles. The fourth-order valence-electron chi connectivity index (χ4n) is 1.49. The first-order valence-electron chi connectivity index (χ1n) is 5.23. The van der Waals surface area contributed by atoms with E-state index in [1.165, 1.54) is 23.4 Å². The topological polar surface area (TPSA) is 88.4 Å². The van der Waals surface area contributed by atoms with Crippen molar-refractivity contribution in [2.24, 2.45) is 5.73 Å². The summed E-state index contributed by atoms with van der Waals surface area (Å²) in [5.41, 5.74) is 5.54. The van der Waals surface area contributed by atoms with Crippen molar-refractivity contribution in [2.45, 2.75) is 6.04 Å². The number of nitrogens with zero attached hydrogens (tertiary/aromatic N) is 1. The Kier molecular flexibility index (Phi) is 4.86. The van der Waals surface area contributed by atoms with E-state index in [1.807, 2.05) is 0 Å². The van der Waals surface area contributed by atoms with E-state index in [-0.39, 0.29) is 22.9 Å². The first-order chi connectivity index (χ1) is 8.06. The maximum atomic E-state index is 11.9. The summed E-state index contributed by atoms with van der Waals surface area (Å²) in [6, 6.07) is 1.05. The van der Waals surface area contributed by atoms with Gasteiger partial charge in [-0.1, -0.05) is 0 Å². The van der Waals surface area contributed by atoms with Crippen molar-refractivity contribution in [3.05, 3.63) is 34.2 Å². The van der Waals surface area contributed by atoms with Crippen molar-refractivity contribution in [2.75, 3.05) is 27.3 Å². The van der Waals surface area contributed by atoms with Crippen molar-refractivity contribution in [1.82, 2.24) is 9.88 Å². The van der Waals surface area contributed by atoms with E-state index in [9.17, 15) is 9.59 Å². The fourth-order valence-corrected chi connectivity index (χ4v) is 1.49.